The topological polar surface area (TPSA) is 69.0 Å². The molecule has 0 aliphatic heterocycles. The Morgan fingerprint density at radius 3 is 2.43 bits per heavy atom. The van der Waals surface area contributed by atoms with Gasteiger partial charge >= 0.3 is 0 Å². The fourth-order valence-electron chi connectivity index (χ4n) is 6.06. The number of rotatable bonds is 10. The molecule has 1 N–H and O–H groups in total. The Balaban J connectivity index is 1.33. The van der Waals surface area contributed by atoms with Crippen LogP contribution in [0.1, 0.15) is 66.9 Å². The Bertz CT molecular complexity index is 1690. The second-order valence-electron chi connectivity index (χ2n) is 11.4. The van der Waals surface area contributed by atoms with Crippen molar-refractivity contribution < 1.29 is 35.9 Å². The van der Waals surface area contributed by atoms with E-state index < -0.39 is 65.7 Å². The number of nitrogens with zero attached hydrogens (tertiary/aromatic N) is 3. The predicted molar refractivity (Wildman–Crippen MR) is 148 cm³/mol. The summed E-state index contributed by atoms with van der Waals surface area (Å²) in [6.45, 7) is 3.03. The van der Waals surface area contributed by atoms with Crippen LogP contribution in [0.2, 0.25) is 0 Å². The summed E-state index contributed by atoms with van der Waals surface area (Å²) in [6.07, 6.45) is -1.65. The molecule has 0 spiro atoms. The third kappa shape index (κ3) is 5.65. The Morgan fingerprint density at radius 1 is 1.07 bits per heavy atom. The van der Waals surface area contributed by atoms with Gasteiger partial charge in [0, 0.05) is 29.3 Å². The molecular formula is C32H28F6N4O2. The summed E-state index contributed by atoms with van der Waals surface area (Å²) in [7, 11) is 0. The number of amides is 1. The van der Waals surface area contributed by atoms with Gasteiger partial charge in [-0.05, 0) is 74.1 Å². The summed E-state index contributed by atoms with van der Waals surface area (Å²) in [5.74, 6) is -6.99. The van der Waals surface area contributed by atoms with E-state index in [9.17, 15) is 22.4 Å². The van der Waals surface area contributed by atoms with Gasteiger partial charge in [-0.25, -0.2) is 17.6 Å². The van der Waals surface area contributed by atoms with Crippen LogP contribution in [0.5, 0.6) is 5.75 Å². The van der Waals surface area contributed by atoms with Crippen LogP contribution in [0.3, 0.4) is 0 Å². The molecule has 1 fully saturated rings. The smallest absolute Gasteiger partial charge is 0.293 e. The molecule has 2 unspecified atom stereocenters. The van der Waals surface area contributed by atoms with Crippen LogP contribution < -0.4 is 10.1 Å². The minimum absolute atomic E-state index is 0.0421. The third-order valence-corrected chi connectivity index (χ3v) is 7.86. The van der Waals surface area contributed by atoms with Crippen molar-refractivity contribution in [2.45, 2.75) is 63.6 Å². The highest BCUT2D eigenvalue weighted by Gasteiger charge is 2.67. The van der Waals surface area contributed by atoms with Gasteiger partial charge in [-0.3, -0.25) is 14.5 Å². The Labute approximate surface area is 249 Å². The molecule has 0 radical (unpaired) electrons. The molecule has 0 saturated heterocycles. The van der Waals surface area contributed by atoms with Gasteiger partial charge in [0.25, 0.3) is 12.3 Å². The minimum atomic E-state index is -3.39. The summed E-state index contributed by atoms with van der Waals surface area (Å²) in [5, 5.41) is 6.46. The van der Waals surface area contributed by atoms with Crippen LogP contribution >= 0.6 is 0 Å². The molecule has 2 aliphatic rings. The lowest BCUT2D eigenvalue weighted by molar-refractivity contribution is -0.123. The second-order valence-corrected chi connectivity index (χ2v) is 11.4. The Hall–Kier alpha value is -4.35. The monoisotopic (exact) mass is 614 g/mol. The van der Waals surface area contributed by atoms with Crippen LogP contribution in [0.15, 0.2) is 60.8 Å². The SMILES string of the molecule is CC(C)Oc1ccc(-c2cccnc2[C@H](Cc2cc(F)cc(F)c2)NC(=O)Cn2nc(C(F)F)c3c2C(F)(F)C2CC32)cc1. The number of benzene rings is 2. The van der Waals surface area contributed by atoms with Crippen molar-refractivity contribution >= 4 is 5.91 Å². The molecule has 4 aromatic rings. The highest BCUT2D eigenvalue weighted by molar-refractivity contribution is 5.77. The lowest BCUT2D eigenvalue weighted by Gasteiger charge is -2.22. The number of pyridine rings is 1. The number of hydrogen-bond acceptors (Lipinski definition) is 4. The molecule has 2 aromatic heterocycles. The Kier molecular flexibility index (Phi) is 7.63. The molecule has 3 atom stereocenters. The molecule has 0 bridgehead atoms. The molecule has 6 nitrogen and oxygen atoms in total. The zero-order chi connectivity index (χ0) is 31.3. The van der Waals surface area contributed by atoms with Crippen LogP contribution in [0.4, 0.5) is 26.3 Å². The molecule has 12 heteroatoms. The normalized spacial score (nSPS) is 18.7. The highest BCUT2D eigenvalue weighted by Crippen LogP contribution is 2.68. The van der Waals surface area contributed by atoms with Crippen molar-refractivity contribution in [2.24, 2.45) is 5.92 Å². The minimum Gasteiger partial charge on any atom is -0.491 e. The summed E-state index contributed by atoms with van der Waals surface area (Å²) in [4.78, 5) is 17.9. The van der Waals surface area contributed by atoms with Gasteiger partial charge in [-0.15, -0.1) is 0 Å². The summed E-state index contributed by atoms with van der Waals surface area (Å²) in [6, 6.07) is 12.5. The fraction of sp³-hybridized carbons (Fsp3) is 0.344. The lowest BCUT2D eigenvalue weighted by Crippen LogP contribution is -2.35. The van der Waals surface area contributed by atoms with Gasteiger partial charge in [0.2, 0.25) is 5.91 Å². The van der Waals surface area contributed by atoms with Gasteiger partial charge in [-0.1, -0.05) is 18.2 Å². The maximum atomic E-state index is 15.1. The molecule has 6 rings (SSSR count). The van der Waals surface area contributed by atoms with Gasteiger partial charge < -0.3 is 10.1 Å². The molecule has 2 heterocycles. The molecular weight excluding hydrogens is 586 g/mol. The van der Waals surface area contributed by atoms with Crippen molar-refractivity contribution in [3.8, 4) is 16.9 Å². The number of hydrogen-bond donors (Lipinski definition) is 1. The van der Waals surface area contributed by atoms with Crippen molar-refractivity contribution in [3.05, 3.63) is 101 Å². The van der Waals surface area contributed by atoms with Gasteiger partial charge in [0.05, 0.1) is 17.8 Å². The van der Waals surface area contributed by atoms with Crippen LogP contribution in [-0.4, -0.2) is 26.8 Å². The number of halogens is 6. The predicted octanol–water partition coefficient (Wildman–Crippen LogP) is 7.26. The van der Waals surface area contributed by atoms with E-state index in [4.69, 9.17) is 4.74 Å². The van der Waals surface area contributed by atoms with Gasteiger partial charge in [0.1, 0.15) is 35.3 Å². The van der Waals surface area contributed by atoms with Crippen LogP contribution in [-0.2, 0) is 23.7 Å². The van der Waals surface area contributed by atoms with Crippen molar-refractivity contribution in [3.63, 3.8) is 0 Å². The van der Waals surface area contributed by atoms with E-state index in [-0.39, 0.29) is 30.1 Å². The van der Waals surface area contributed by atoms with Crippen molar-refractivity contribution in [1.82, 2.24) is 20.1 Å². The number of aromatic nitrogens is 3. The summed E-state index contributed by atoms with van der Waals surface area (Å²) in [5.41, 5.74) is 0.282. The first-order chi connectivity index (χ1) is 20.9. The fourth-order valence-corrected chi connectivity index (χ4v) is 6.06. The van der Waals surface area contributed by atoms with Gasteiger partial charge in [0.15, 0.2) is 0 Å². The second kappa shape index (κ2) is 11.3. The number of ether oxygens (including phenoxy) is 1. The first-order valence-corrected chi connectivity index (χ1v) is 14.2. The molecule has 2 aromatic carbocycles. The quantitative estimate of drug-likeness (QED) is 0.191. The van der Waals surface area contributed by atoms with E-state index in [1.807, 2.05) is 13.8 Å². The number of fused-ring (bicyclic) bond motifs is 3. The van der Waals surface area contributed by atoms with E-state index in [1.54, 1.807) is 36.4 Å². The summed E-state index contributed by atoms with van der Waals surface area (Å²) < 4.78 is 92.2. The maximum Gasteiger partial charge on any atom is 0.293 e. The average Bonchev–Trinajstić information content (AvgIpc) is 3.61. The van der Waals surface area contributed by atoms with E-state index >= 15 is 8.78 Å². The van der Waals surface area contributed by atoms with E-state index in [1.165, 1.54) is 6.20 Å². The van der Waals surface area contributed by atoms with E-state index in [2.05, 4.69) is 15.4 Å². The number of nitrogens with one attached hydrogen (secondary N) is 1. The maximum absolute atomic E-state index is 15.1. The number of carbonyl (C=O) groups is 1. The van der Waals surface area contributed by atoms with E-state index in [0.717, 1.165) is 12.1 Å². The number of alkyl halides is 4. The largest absolute Gasteiger partial charge is 0.491 e. The standard InChI is InChI=1S/C32H28F6N4O2/c1-16(2)44-21-7-5-18(6-8-21)22-4-3-9-39-28(22)25(12-17-10-19(33)13-20(34)11-17)40-26(43)15-42-30-27(29(41-42)31(35)36)23-14-24(23)32(30,37)38/h3-11,13,16,23-25,31H,12,14-15H2,1-2H3,(H,40,43)/t23?,24?,25-/m0/s1. The number of carbonyl (C=O) groups excluding carboxylic acids is 1. The average molecular weight is 615 g/mol. The van der Waals surface area contributed by atoms with Crippen molar-refractivity contribution in [2.75, 3.05) is 0 Å². The zero-order valence-electron chi connectivity index (χ0n) is 23.7. The lowest BCUT2D eigenvalue weighted by atomic mass is 9.95. The van der Waals surface area contributed by atoms with Crippen LogP contribution in [0, 0.1) is 17.6 Å². The van der Waals surface area contributed by atoms with E-state index in [0.29, 0.717) is 33.3 Å². The molecule has 1 saturated carbocycles. The Morgan fingerprint density at radius 2 is 1.77 bits per heavy atom. The van der Waals surface area contributed by atoms with Gasteiger partial charge in [-0.2, -0.15) is 13.9 Å². The summed E-state index contributed by atoms with van der Waals surface area (Å²) >= 11 is 0. The molecule has 44 heavy (non-hydrogen) atoms. The molecule has 230 valence electrons. The first kappa shape index (κ1) is 29.7. The third-order valence-electron chi connectivity index (χ3n) is 7.86. The first-order valence-electron chi connectivity index (χ1n) is 14.2. The van der Waals surface area contributed by atoms with Crippen molar-refractivity contribution in [1.29, 1.82) is 0 Å². The molecule has 1 amide bonds. The zero-order valence-corrected chi connectivity index (χ0v) is 23.7. The molecule has 2 aliphatic carbocycles. The highest BCUT2D eigenvalue weighted by atomic mass is 19.3. The van der Waals surface area contributed by atoms with Crippen LogP contribution in [0.25, 0.3) is 11.1 Å².